The Hall–Kier alpha value is -0.170. The molecule has 1 aliphatic rings. The van der Waals surface area contributed by atoms with E-state index in [2.05, 4.69) is 0 Å². The van der Waals surface area contributed by atoms with E-state index in [4.69, 9.17) is 0 Å². The molecule has 1 saturated heterocycles. The monoisotopic (exact) mass is 278 g/mol. The van der Waals surface area contributed by atoms with Crippen molar-refractivity contribution in [1.29, 1.82) is 0 Å². The Kier molecular flexibility index (Phi) is 6.04. The van der Waals surface area contributed by atoms with Crippen LogP contribution in [0.2, 0.25) is 0 Å². The molecule has 0 bridgehead atoms. The molecule has 0 aromatic rings. The van der Waals surface area contributed by atoms with Crippen LogP contribution in [0.25, 0.3) is 0 Å². The Morgan fingerprint density at radius 1 is 1.39 bits per heavy atom. The van der Waals surface area contributed by atoms with Gasteiger partial charge in [-0.15, -0.1) is 0 Å². The Bertz CT molecular complexity index is 345. The van der Waals surface area contributed by atoms with Crippen LogP contribution in [-0.4, -0.2) is 53.9 Å². The summed E-state index contributed by atoms with van der Waals surface area (Å²) in [5, 5.41) is 9.35. The highest BCUT2D eigenvalue weighted by Crippen LogP contribution is 2.24. The summed E-state index contributed by atoms with van der Waals surface area (Å²) in [5.41, 5.74) is 0. The summed E-state index contributed by atoms with van der Waals surface area (Å²) >= 11 is 0. The number of hydrogen-bond donors (Lipinski definition) is 1. The van der Waals surface area contributed by atoms with Crippen LogP contribution in [0, 0.1) is 0 Å². The fraction of sp³-hybridized carbons (Fsp3) is 1.00. The number of aliphatic hydroxyl groups is 1. The predicted octanol–water partition coefficient (Wildman–Crippen LogP) is 1.20. The first-order valence-corrected chi connectivity index (χ1v) is 8.28. The summed E-state index contributed by atoms with van der Waals surface area (Å²) < 4.78 is 28.3. The molecule has 0 amide bonds. The van der Waals surface area contributed by atoms with E-state index in [1.165, 1.54) is 4.31 Å². The first-order valence-electron chi connectivity index (χ1n) is 6.88. The molecular weight excluding hydrogens is 252 g/mol. The third kappa shape index (κ3) is 3.23. The van der Waals surface area contributed by atoms with Gasteiger partial charge < -0.3 is 5.11 Å². The zero-order valence-corrected chi connectivity index (χ0v) is 12.5. The molecule has 2 atom stereocenters. The molecule has 18 heavy (non-hydrogen) atoms. The molecule has 108 valence electrons. The van der Waals surface area contributed by atoms with Gasteiger partial charge in [0.05, 0.1) is 6.61 Å². The van der Waals surface area contributed by atoms with Crippen LogP contribution in [0.3, 0.4) is 0 Å². The quantitative estimate of drug-likeness (QED) is 0.794. The molecule has 1 N–H and O–H groups in total. The van der Waals surface area contributed by atoms with Gasteiger partial charge in [0, 0.05) is 25.2 Å². The van der Waals surface area contributed by atoms with Crippen molar-refractivity contribution in [3.8, 4) is 0 Å². The van der Waals surface area contributed by atoms with E-state index >= 15 is 0 Å². The highest BCUT2D eigenvalue weighted by Gasteiger charge is 2.37. The molecule has 0 aromatic heterocycles. The van der Waals surface area contributed by atoms with E-state index in [1.54, 1.807) is 4.31 Å². The number of aliphatic hydroxyl groups excluding tert-OH is 1. The largest absolute Gasteiger partial charge is 0.395 e. The molecule has 0 aliphatic carbocycles. The molecule has 0 radical (unpaired) electrons. The fourth-order valence-corrected chi connectivity index (χ4v) is 4.61. The van der Waals surface area contributed by atoms with Crippen LogP contribution in [0.1, 0.15) is 46.5 Å². The molecule has 0 aromatic carbocycles. The van der Waals surface area contributed by atoms with Crippen molar-refractivity contribution >= 4 is 10.2 Å². The van der Waals surface area contributed by atoms with Gasteiger partial charge in [0.15, 0.2) is 0 Å². The summed E-state index contributed by atoms with van der Waals surface area (Å²) in [6.45, 7) is 6.70. The van der Waals surface area contributed by atoms with E-state index in [1.807, 2.05) is 20.8 Å². The van der Waals surface area contributed by atoms with Gasteiger partial charge in [0.25, 0.3) is 10.2 Å². The van der Waals surface area contributed by atoms with Crippen LogP contribution in [0.5, 0.6) is 0 Å². The average molecular weight is 278 g/mol. The van der Waals surface area contributed by atoms with E-state index in [9.17, 15) is 13.5 Å². The van der Waals surface area contributed by atoms with Gasteiger partial charge in [0.2, 0.25) is 0 Å². The van der Waals surface area contributed by atoms with E-state index in [0.29, 0.717) is 13.1 Å². The lowest BCUT2D eigenvalue weighted by Gasteiger charge is -2.38. The second-order valence-electron chi connectivity index (χ2n) is 4.91. The minimum Gasteiger partial charge on any atom is -0.395 e. The molecule has 6 heteroatoms. The molecule has 1 heterocycles. The molecule has 2 unspecified atom stereocenters. The van der Waals surface area contributed by atoms with Crippen molar-refractivity contribution in [2.45, 2.75) is 58.5 Å². The first-order chi connectivity index (χ1) is 8.48. The summed E-state index contributed by atoms with van der Waals surface area (Å²) in [5.74, 6) is 0. The summed E-state index contributed by atoms with van der Waals surface area (Å²) in [4.78, 5) is 0. The second kappa shape index (κ2) is 6.84. The van der Waals surface area contributed by atoms with Crippen molar-refractivity contribution in [3.63, 3.8) is 0 Å². The summed E-state index contributed by atoms with van der Waals surface area (Å²) in [6.07, 6.45) is 3.43. The van der Waals surface area contributed by atoms with Crippen LogP contribution in [0.4, 0.5) is 0 Å². The van der Waals surface area contributed by atoms with Crippen LogP contribution < -0.4 is 0 Å². The zero-order chi connectivity index (χ0) is 13.8. The van der Waals surface area contributed by atoms with Gasteiger partial charge in [-0.1, -0.05) is 20.3 Å². The second-order valence-corrected chi connectivity index (χ2v) is 6.74. The van der Waals surface area contributed by atoms with Gasteiger partial charge in [-0.05, 0) is 26.2 Å². The Labute approximate surface area is 111 Å². The third-order valence-corrected chi connectivity index (χ3v) is 6.05. The van der Waals surface area contributed by atoms with Gasteiger partial charge >= 0.3 is 0 Å². The molecule has 0 spiro atoms. The van der Waals surface area contributed by atoms with Crippen molar-refractivity contribution < 1.29 is 13.5 Å². The lowest BCUT2D eigenvalue weighted by atomic mass is 10.1. The van der Waals surface area contributed by atoms with Crippen molar-refractivity contribution in [2.75, 3.05) is 19.7 Å². The first kappa shape index (κ1) is 15.9. The summed E-state index contributed by atoms with van der Waals surface area (Å²) in [7, 11) is -3.44. The SMILES string of the molecule is CCC(C)N(CC)S(=O)(=O)N1CCCCC1CO. The molecule has 1 fully saturated rings. The van der Waals surface area contributed by atoms with Crippen molar-refractivity contribution in [2.24, 2.45) is 0 Å². The lowest BCUT2D eigenvalue weighted by Crippen LogP contribution is -2.53. The molecule has 0 saturated carbocycles. The molecule has 5 nitrogen and oxygen atoms in total. The maximum atomic E-state index is 12.6. The van der Waals surface area contributed by atoms with E-state index < -0.39 is 10.2 Å². The molecule has 1 aliphatic heterocycles. The Balaban J connectivity index is 2.95. The van der Waals surface area contributed by atoms with Gasteiger partial charge in [-0.3, -0.25) is 0 Å². The fourth-order valence-electron chi connectivity index (χ4n) is 2.50. The molecular formula is C12H26N2O3S. The van der Waals surface area contributed by atoms with Gasteiger partial charge in [-0.25, -0.2) is 0 Å². The van der Waals surface area contributed by atoms with E-state index in [-0.39, 0.29) is 18.7 Å². The maximum Gasteiger partial charge on any atom is 0.282 e. The van der Waals surface area contributed by atoms with Crippen molar-refractivity contribution in [3.05, 3.63) is 0 Å². The minimum atomic E-state index is -3.44. The minimum absolute atomic E-state index is 0.00118. The Morgan fingerprint density at radius 2 is 2.06 bits per heavy atom. The Morgan fingerprint density at radius 3 is 2.56 bits per heavy atom. The average Bonchev–Trinajstić information content (AvgIpc) is 2.38. The van der Waals surface area contributed by atoms with Gasteiger partial charge in [-0.2, -0.15) is 17.0 Å². The standard InChI is InChI=1S/C12H26N2O3S/c1-4-11(3)13(5-2)18(16,17)14-9-7-6-8-12(14)10-15/h11-12,15H,4-10H2,1-3H3. The van der Waals surface area contributed by atoms with Crippen LogP contribution in [-0.2, 0) is 10.2 Å². The van der Waals surface area contributed by atoms with Crippen molar-refractivity contribution in [1.82, 2.24) is 8.61 Å². The third-order valence-electron chi connectivity index (χ3n) is 3.77. The van der Waals surface area contributed by atoms with Crippen LogP contribution >= 0.6 is 0 Å². The predicted molar refractivity (Wildman–Crippen MR) is 72.5 cm³/mol. The summed E-state index contributed by atoms with van der Waals surface area (Å²) in [6, 6.07) is -0.247. The number of nitrogens with zero attached hydrogens (tertiary/aromatic N) is 2. The highest BCUT2D eigenvalue weighted by atomic mass is 32.2. The number of piperidine rings is 1. The smallest absolute Gasteiger partial charge is 0.282 e. The van der Waals surface area contributed by atoms with Gasteiger partial charge in [0.1, 0.15) is 0 Å². The highest BCUT2D eigenvalue weighted by molar-refractivity contribution is 7.86. The van der Waals surface area contributed by atoms with Crippen LogP contribution in [0.15, 0.2) is 0 Å². The zero-order valence-electron chi connectivity index (χ0n) is 11.7. The number of hydrogen-bond acceptors (Lipinski definition) is 3. The maximum absolute atomic E-state index is 12.6. The van der Waals surface area contributed by atoms with E-state index in [0.717, 1.165) is 25.7 Å². The normalized spacial score (nSPS) is 24.4. The lowest BCUT2D eigenvalue weighted by molar-refractivity contribution is 0.145. The molecule has 1 rings (SSSR count). The topological polar surface area (TPSA) is 60.9 Å². The number of rotatable bonds is 6.